The Morgan fingerprint density at radius 3 is 2.43 bits per heavy atom. The Morgan fingerprint density at radius 2 is 1.68 bits per heavy atom. The van der Waals surface area contributed by atoms with Crippen LogP contribution in [0.25, 0.3) is 27.7 Å². The third-order valence-corrected chi connectivity index (χ3v) is 4.91. The first kappa shape index (κ1) is 18.0. The monoisotopic (exact) mass is 365 g/mol. The minimum Gasteiger partial charge on any atom is -0.488 e. The molecule has 0 aliphatic carbocycles. The molecule has 2 nitrogen and oxygen atoms in total. The van der Waals surface area contributed by atoms with Gasteiger partial charge in [-0.05, 0) is 42.7 Å². The molecule has 138 valence electrons. The van der Waals surface area contributed by atoms with Crippen LogP contribution < -0.4 is 4.74 Å². The van der Waals surface area contributed by atoms with Gasteiger partial charge in [-0.1, -0.05) is 72.8 Å². The fraction of sp³-hybridized carbons (Fsp3) is 0.115. The van der Waals surface area contributed by atoms with E-state index in [2.05, 4.69) is 49.9 Å². The largest absolute Gasteiger partial charge is 0.488 e. The van der Waals surface area contributed by atoms with Gasteiger partial charge in [0.1, 0.15) is 12.4 Å². The SMILES string of the molecule is C=C(C)c1ccc(-c2cc(OCc3ccccc3)c3ccccc3n2)c(C)c1. The highest BCUT2D eigenvalue weighted by Crippen LogP contribution is 2.32. The van der Waals surface area contributed by atoms with Gasteiger partial charge in [0.05, 0.1) is 11.2 Å². The van der Waals surface area contributed by atoms with E-state index in [4.69, 9.17) is 9.72 Å². The molecule has 0 amide bonds. The molecule has 0 N–H and O–H groups in total. The summed E-state index contributed by atoms with van der Waals surface area (Å²) in [4.78, 5) is 4.89. The van der Waals surface area contributed by atoms with Crippen LogP contribution in [0, 0.1) is 6.92 Å². The predicted octanol–water partition coefficient (Wildman–Crippen LogP) is 6.82. The van der Waals surface area contributed by atoms with E-state index in [-0.39, 0.29) is 0 Å². The number of benzene rings is 3. The van der Waals surface area contributed by atoms with Crippen LogP contribution in [-0.4, -0.2) is 4.98 Å². The molecule has 4 rings (SSSR count). The first-order chi connectivity index (χ1) is 13.6. The summed E-state index contributed by atoms with van der Waals surface area (Å²) >= 11 is 0. The second kappa shape index (κ2) is 7.69. The summed E-state index contributed by atoms with van der Waals surface area (Å²) in [7, 11) is 0. The molecule has 0 aliphatic rings. The molecule has 0 fully saturated rings. The summed E-state index contributed by atoms with van der Waals surface area (Å²) in [6, 6.07) is 26.8. The minimum atomic E-state index is 0.530. The highest BCUT2D eigenvalue weighted by Gasteiger charge is 2.11. The third-order valence-electron chi connectivity index (χ3n) is 4.91. The zero-order chi connectivity index (χ0) is 19.5. The highest BCUT2D eigenvalue weighted by molar-refractivity contribution is 5.88. The van der Waals surface area contributed by atoms with E-state index >= 15 is 0 Å². The van der Waals surface area contributed by atoms with Crippen molar-refractivity contribution in [3.8, 4) is 17.0 Å². The van der Waals surface area contributed by atoms with Crippen molar-refractivity contribution >= 4 is 16.5 Å². The average molecular weight is 365 g/mol. The number of allylic oxidation sites excluding steroid dienone is 1. The lowest BCUT2D eigenvalue weighted by molar-refractivity contribution is 0.310. The molecular formula is C26H23NO. The van der Waals surface area contributed by atoms with Crippen molar-refractivity contribution in [3.05, 3.63) is 102 Å². The van der Waals surface area contributed by atoms with Gasteiger partial charge in [-0.2, -0.15) is 0 Å². The van der Waals surface area contributed by atoms with Gasteiger partial charge in [0.2, 0.25) is 0 Å². The quantitative estimate of drug-likeness (QED) is 0.387. The summed E-state index contributed by atoms with van der Waals surface area (Å²) in [5.41, 5.74) is 7.51. The Hall–Kier alpha value is -3.39. The van der Waals surface area contributed by atoms with E-state index in [0.29, 0.717) is 6.61 Å². The van der Waals surface area contributed by atoms with E-state index < -0.39 is 0 Å². The standard InChI is InChI=1S/C26H23NO/c1-18(2)21-13-14-22(19(3)15-21)25-16-26(23-11-7-8-12-24(23)27-25)28-17-20-9-5-4-6-10-20/h4-16H,1,17H2,2-3H3. The number of hydrogen-bond donors (Lipinski definition) is 0. The van der Waals surface area contributed by atoms with Gasteiger partial charge < -0.3 is 4.74 Å². The summed E-state index contributed by atoms with van der Waals surface area (Å²) in [6.07, 6.45) is 0. The smallest absolute Gasteiger partial charge is 0.131 e. The van der Waals surface area contributed by atoms with Gasteiger partial charge in [-0.3, -0.25) is 0 Å². The molecule has 3 aromatic carbocycles. The van der Waals surface area contributed by atoms with E-state index in [0.717, 1.165) is 44.6 Å². The van der Waals surface area contributed by atoms with Crippen LogP contribution >= 0.6 is 0 Å². The van der Waals surface area contributed by atoms with Crippen LogP contribution in [0.1, 0.15) is 23.6 Å². The average Bonchev–Trinajstić information content (AvgIpc) is 2.72. The van der Waals surface area contributed by atoms with Gasteiger partial charge >= 0.3 is 0 Å². The maximum Gasteiger partial charge on any atom is 0.131 e. The van der Waals surface area contributed by atoms with Crippen LogP contribution in [0.2, 0.25) is 0 Å². The molecule has 28 heavy (non-hydrogen) atoms. The number of para-hydroxylation sites is 1. The minimum absolute atomic E-state index is 0.530. The van der Waals surface area contributed by atoms with Crippen molar-refractivity contribution in [2.75, 3.05) is 0 Å². The van der Waals surface area contributed by atoms with E-state index in [1.54, 1.807) is 0 Å². The van der Waals surface area contributed by atoms with Gasteiger partial charge in [-0.15, -0.1) is 0 Å². The first-order valence-corrected chi connectivity index (χ1v) is 9.45. The fourth-order valence-electron chi connectivity index (χ4n) is 3.35. The van der Waals surface area contributed by atoms with Gasteiger partial charge in [0, 0.05) is 17.0 Å². The van der Waals surface area contributed by atoms with E-state index in [1.807, 2.05) is 49.4 Å². The molecule has 2 heteroatoms. The number of aryl methyl sites for hydroxylation is 1. The van der Waals surface area contributed by atoms with Crippen molar-refractivity contribution in [2.45, 2.75) is 20.5 Å². The maximum atomic E-state index is 6.22. The number of fused-ring (bicyclic) bond motifs is 1. The Kier molecular flexibility index (Phi) is 4.94. The van der Waals surface area contributed by atoms with Crippen molar-refractivity contribution < 1.29 is 4.74 Å². The molecule has 0 bridgehead atoms. The summed E-state index contributed by atoms with van der Waals surface area (Å²) < 4.78 is 6.22. The Morgan fingerprint density at radius 1 is 0.929 bits per heavy atom. The predicted molar refractivity (Wildman–Crippen MR) is 117 cm³/mol. The van der Waals surface area contributed by atoms with Crippen LogP contribution in [0.4, 0.5) is 0 Å². The molecule has 4 aromatic rings. The number of ether oxygens (including phenoxy) is 1. The molecule has 0 saturated carbocycles. The third kappa shape index (κ3) is 3.67. The lowest BCUT2D eigenvalue weighted by atomic mass is 9.98. The molecule has 0 saturated heterocycles. The zero-order valence-electron chi connectivity index (χ0n) is 16.3. The van der Waals surface area contributed by atoms with Gasteiger partial charge in [0.25, 0.3) is 0 Å². The Labute approximate surface area is 166 Å². The molecule has 0 radical (unpaired) electrons. The second-order valence-electron chi connectivity index (χ2n) is 7.11. The van der Waals surface area contributed by atoms with Crippen molar-refractivity contribution in [2.24, 2.45) is 0 Å². The zero-order valence-corrected chi connectivity index (χ0v) is 16.3. The van der Waals surface area contributed by atoms with Crippen molar-refractivity contribution in [3.63, 3.8) is 0 Å². The molecule has 1 aromatic heterocycles. The molecular weight excluding hydrogens is 342 g/mol. The molecule has 0 unspecified atom stereocenters. The highest BCUT2D eigenvalue weighted by atomic mass is 16.5. The van der Waals surface area contributed by atoms with Crippen LogP contribution in [-0.2, 0) is 6.61 Å². The van der Waals surface area contributed by atoms with Crippen LogP contribution in [0.3, 0.4) is 0 Å². The molecule has 0 spiro atoms. The topological polar surface area (TPSA) is 22.1 Å². The van der Waals surface area contributed by atoms with Gasteiger partial charge in [-0.25, -0.2) is 4.98 Å². The summed E-state index contributed by atoms with van der Waals surface area (Å²) in [6.45, 7) is 8.71. The van der Waals surface area contributed by atoms with E-state index in [1.165, 1.54) is 5.56 Å². The summed E-state index contributed by atoms with van der Waals surface area (Å²) in [5.74, 6) is 0.854. The van der Waals surface area contributed by atoms with Crippen molar-refractivity contribution in [1.29, 1.82) is 0 Å². The Bertz CT molecular complexity index is 1150. The second-order valence-corrected chi connectivity index (χ2v) is 7.11. The van der Waals surface area contributed by atoms with Crippen LogP contribution in [0.5, 0.6) is 5.75 Å². The number of rotatable bonds is 5. The molecule has 0 aliphatic heterocycles. The van der Waals surface area contributed by atoms with Gasteiger partial charge in [0.15, 0.2) is 0 Å². The number of hydrogen-bond acceptors (Lipinski definition) is 2. The van der Waals surface area contributed by atoms with Crippen LogP contribution in [0.15, 0.2) is 85.4 Å². The Balaban J connectivity index is 1.77. The molecule has 0 atom stereocenters. The normalized spacial score (nSPS) is 10.8. The lowest BCUT2D eigenvalue weighted by Gasteiger charge is -2.13. The lowest BCUT2D eigenvalue weighted by Crippen LogP contribution is -1.98. The molecule has 1 heterocycles. The number of nitrogens with zero attached hydrogens (tertiary/aromatic N) is 1. The fourth-order valence-corrected chi connectivity index (χ4v) is 3.35. The number of pyridine rings is 1. The first-order valence-electron chi connectivity index (χ1n) is 9.45. The van der Waals surface area contributed by atoms with E-state index in [9.17, 15) is 0 Å². The number of aromatic nitrogens is 1. The summed E-state index contributed by atoms with van der Waals surface area (Å²) in [5, 5.41) is 1.03. The maximum absolute atomic E-state index is 6.22. The van der Waals surface area contributed by atoms with Crippen molar-refractivity contribution in [1.82, 2.24) is 4.98 Å².